The third kappa shape index (κ3) is 6.22. The molecule has 6 N–H and O–H groups in total. The number of rotatable bonds is 14. The van der Waals surface area contributed by atoms with Crippen LogP contribution in [0.15, 0.2) is 24.0 Å². The molecule has 1 fully saturated rings. The van der Waals surface area contributed by atoms with Gasteiger partial charge in [0.1, 0.15) is 17.1 Å². The number of ether oxygens (including phenoxy) is 3. The number of benzene rings is 1. The average molecular weight is 674 g/mol. The number of nitrogens with one attached hydrogen (secondary N) is 2. The van der Waals surface area contributed by atoms with Crippen molar-refractivity contribution in [3.63, 3.8) is 0 Å². The lowest BCUT2D eigenvalue weighted by Crippen LogP contribution is -2.75. The summed E-state index contributed by atoms with van der Waals surface area (Å²) < 4.78 is 18.9. The number of amides is 2. The van der Waals surface area contributed by atoms with Crippen molar-refractivity contribution in [2.75, 3.05) is 26.7 Å². The minimum Gasteiger partial charge on any atom is -0.481 e. The van der Waals surface area contributed by atoms with E-state index in [0.29, 0.717) is 25.1 Å². The quantitative estimate of drug-likeness (QED) is 0.131. The van der Waals surface area contributed by atoms with E-state index in [1.165, 1.54) is 0 Å². The number of aliphatic hydroxyl groups excluding tert-OH is 2. The molecule has 48 heavy (non-hydrogen) atoms. The van der Waals surface area contributed by atoms with E-state index in [9.17, 15) is 39.0 Å². The Morgan fingerprint density at radius 3 is 2.19 bits per heavy atom. The molecule has 260 valence electrons. The first-order chi connectivity index (χ1) is 22.7. The van der Waals surface area contributed by atoms with E-state index in [2.05, 4.69) is 15.5 Å². The first kappa shape index (κ1) is 34.8. The van der Waals surface area contributed by atoms with Crippen LogP contribution in [0.2, 0.25) is 0 Å². The van der Waals surface area contributed by atoms with Crippen LogP contribution in [0.1, 0.15) is 55.2 Å². The number of hydrogen-bond donors (Lipinski definition) is 6. The molecule has 2 bridgehead atoms. The van der Waals surface area contributed by atoms with Gasteiger partial charge in [0.25, 0.3) is 0 Å². The molecular weight excluding hydrogens is 634 g/mol. The monoisotopic (exact) mass is 673 g/mol. The van der Waals surface area contributed by atoms with E-state index in [4.69, 9.17) is 24.4 Å². The first-order valence-corrected chi connectivity index (χ1v) is 15.7. The summed E-state index contributed by atoms with van der Waals surface area (Å²) in [7, 11) is 1.95. The van der Waals surface area contributed by atoms with Gasteiger partial charge in [-0.15, -0.1) is 0 Å². The number of likely N-dealkylation sites (tertiary alicyclic amines) is 1. The zero-order valence-electron chi connectivity index (χ0n) is 26.5. The zero-order chi connectivity index (χ0) is 35.0. The summed E-state index contributed by atoms with van der Waals surface area (Å²) in [5.41, 5.74) is 0.746. The molecule has 1 aromatic rings. The minimum absolute atomic E-state index is 0.140. The van der Waals surface area contributed by atoms with Crippen LogP contribution in [0, 0.1) is 6.92 Å². The third-order valence-corrected chi connectivity index (χ3v) is 9.69. The van der Waals surface area contributed by atoms with Crippen molar-refractivity contribution in [2.45, 2.75) is 87.2 Å². The van der Waals surface area contributed by atoms with Gasteiger partial charge in [0.15, 0.2) is 18.3 Å². The second-order valence-corrected chi connectivity index (χ2v) is 12.6. The Bertz CT molecular complexity index is 1560. The highest BCUT2D eigenvalue weighted by molar-refractivity contribution is 5.84. The van der Waals surface area contributed by atoms with Crippen molar-refractivity contribution >= 4 is 35.7 Å². The van der Waals surface area contributed by atoms with Gasteiger partial charge in [-0.25, -0.2) is 9.59 Å². The molecule has 2 aliphatic heterocycles. The van der Waals surface area contributed by atoms with Crippen molar-refractivity contribution in [2.24, 2.45) is 0 Å². The number of nitrogens with zero attached hydrogens (tertiary/aromatic N) is 1. The van der Waals surface area contributed by atoms with Gasteiger partial charge in [0, 0.05) is 25.1 Å². The molecule has 0 aromatic heterocycles. The maximum Gasteiger partial charge on any atom is 0.333 e. The number of esters is 2. The van der Waals surface area contributed by atoms with Gasteiger partial charge in [0.2, 0.25) is 11.8 Å². The van der Waals surface area contributed by atoms with Crippen molar-refractivity contribution in [1.82, 2.24) is 15.5 Å². The highest BCUT2D eigenvalue weighted by atomic mass is 16.6. The fourth-order valence-electron chi connectivity index (χ4n) is 7.47. The van der Waals surface area contributed by atoms with Crippen LogP contribution in [-0.4, -0.2) is 118 Å². The van der Waals surface area contributed by atoms with Crippen LogP contribution in [0.3, 0.4) is 0 Å². The zero-order valence-corrected chi connectivity index (χ0v) is 26.5. The number of aliphatic carboxylic acids is 2. The number of carbonyl (C=O) groups excluding carboxylic acids is 4. The Balaban J connectivity index is 1.36. The van der Waals surface area contributed by atoms with E-state index in [1.807, 2.05) is 26.1 Å². The van der Waals surface area contributed by atoms with Gasteiger partial charge < -0.3 is 45.3 Å². The van der Waals surface area contributed by atoms with Gasteiger partial charge >= 0.3 is 23.9 Å². The van der Waals surface area contributed by atoms with E-state index in [1.54, 1.807) is 6.08 Å². The smallest absolute Gasteiger partial charge is 0.333 e. The molecule has 16 heteroatoms. The maximum atomic E-state index is 13.5. The lowest BCUT2D eigenvalue weighted by molar-refractivity contribution is -0.206. The highest BCUT2D eigenvalue weighted by Crippen LogP contribution is 2.65. The molecule has 1 saturated heterocycles. The van der Waals surface area contributed by atoms with Crippen LogP contribution in [0.5, 0.6) is 5.75 Å². The summed E-state index contributed by atoms with van der Waals surface area (Å²) in [5.74, 6) is -4.94. The number of carbonyl (C=O) groups is 6. The van der Waals surface area contributed by atoms with Gasteiger partial charge in [-0.1, -0.05) is 12.1 Å². The summed E-state index contributed by atoms with van der Waals surface area (Å²) in [4.78, 5) is 74.2. The molecule has 1 spiro atoms. The van der Waals surface area contributed by atoms with Crippen molar-refractivity contribution in [3.05, 3.63) is 40.7 Å². The third-order valence-electron chi connectivity index (χ3n) is 9.69. The number of likely N-dealkylation sites (N-methyl/N-ethyl adjacent to an activating group) is 1. The number of piperidine rings is 1. The van der Waals surface area contributed by atoms with Crippen molar-refractivity contribution < 1.29 is 63.4 Å². The van der Waals surface area contributed by atoms with E-state index in [0.717, 1.165) is 16.7 Å². The van der Waals surface area contributed by atoms with Crippen LogP contribution in [-0.2, 0) is 50.1 Å². The first-order valence-electron chi connectivity index (χ1n) is 15.7. The van der Waals surface area contributed by atoms with E-state index in [-0.39, 0.29) is 44.2 Å². The SMILES string of the molecule is Cc1ccc2c3c1O[C@H]1C(OC(=O)CCNC(=O)C[C@H](O)C(=O)O)=CC[C@@]4(OC(=O)CCNC(=O)C[C@H](O)C(=O)O)[C@@H](C2)N(C)CC[C@]314. The minimum atomic E-state index is -1.86. The Kier molecular flexibility index (Phi) is 9.80. The Morgan fingerprint density at radius 1 is 0.979 bits per heavy atom. The highest BCUT2D eigenvalue weighted by Gasteiger charge is 2.74. The number of aliphatic hydroxyl groups is 2. The molecule has 2 amide bonds. The number of hydrogen-bond acceptors (Lipinski definition) is 12. The fraction of sp³-hybridized carbons (Fsp3) is 0.562. The standard InChI is InChI=1S/C32H39N3O13/c1-16-3-4-17-13-21-32(48-25(41)7-11-34-23(39)15-19(37)30(44)45)8-5-20(28-31(32,9-12-35(21)2)26(17)27(16)47-28)46-24(40)6-10-33-22(38)14-18(36)29(42)43/h3-5,18-19,21,28,36-37H,6-15H2,1-2H3,(H,33,38)(H,34,39)(H,42,43)(H,44,45)/t18-,19-,21+,28-,31-,32+/m0/s1. The molecule has 4 aliphatic rings. The number of carboxylic acids is 2. The molecule has 0 unspecified atom stereocenters. The Morgan fingerprint density at radius 2 is 1.58 bits per heavy atom. The Hall–Kier alpha value is -4.54. The van der Waals surface area contributed by atoms with Crippen LogP contribution in [0.25, 0.3) is 0 Å². The summed E-state index contributed by atoms with van der Waals surface area (Å²) in [5, 5.41) is 41.2. The number of carboxylic acid groups (broad SMARTS) is 2. The molecule has 6 atom stereocenters. The topological polar surface area (TPSA) is 238 Å². The molecule has 0 saturated carbocycles. The predicted molar refractivity (Wildman–Crippen MR) is 161 cm³/mol. The van der Waals surface area contributed by atoms with Gasteiger partial charge in [0.05, 0.1) is 37.1 Å². The Labute approximate surface area is 275 Å². The van der Waals surface area contributed by atoms with E-state index < -0.39 is 77.9 Å². The molecule has 1 aromatic carbocycles. The van der Waals surface area contributed by atoms with E-state index >= 15 is 0 Å². The molecule has 0 radical (unpaired) electrons. The number of aryl methyl sites for hydroxylation is 1. The summed E-state index contributed by atoms with van der Waals surface area (Å²) in [6, 6.07) is 3.72. The van der Waals surface area contributed by atoms with Crippen molar-refractivity contribution in [1.29, 1.82) is 0 Å². The predicted octanol–water partition coefficient (Wildman–Crippen LogP) is -0.949. The molecule has 2 aliphatic carbocycles. The summed E-state index contributed by atoms with van der Waals surface area (Å²) in [6.45, 7) is 2.24. The molecular formula is C32H39N3O13. The van der Waals surface area contributed by atoms with Crippen LogP contribution >= 0.6 is 0 Å². The van der Waals surface area contributed by atoms with Gasteiger partial charge in [-0.2, -0.15) is 0 Å². The molecule has 16 nitrogen and oxygen atoms in total. The second-order valence-electron chi connectivity index (χ2n) is 12.6. The second kappa shape index (κ2) is 13.5. The largest absolute Gasteiger partial charge is 0.481 e. The van der Waals surface area contributed by atoms with Gasteiger partial charge in [-0.05, 0) is 50.6 Å². The average Bonchev–Trinajstić information content (AvgIpc) is 3.37. The molecule has 5 rings (SSSR count). The van der Waals surface area contributed by atoms with Gasteiger partial charge in [-0.3, -0.25) is 24.1 Å². The lowest BCUT2D eigenvalue weighted by Gasteiger charge is -2.62. The van der Waals surface area contributed by atoms with Crippen molar-refractivity contribution in [3.8, 4) is 5.75 Å². The van der Waals surface area contributed by atoms with Crippen LogP contribution < -0.4 is 15.4 Å². The molecule has 2 heterocycles. The maximum absolute atomic E-state index is 13.5. The lowest BCUT2D eigenvalue weighted by atomic mass is 9.50. The normalized spacial score (nSPS) is 26.1. The fourth-order valence-corrected chi connectivity index (χ4v) is 7.47. The summed E-state index contributed by atoms with van der Waals surface area (Å²) >= 11 is 0. The summed E-state index contributed by atoms with van der Waals surface area (Å²) in [6.07, 6.45) is -3.41. The van der Waals surface area contributed by atoms with Crippen LogP contribution in [0.4, 0.5) is 0 Å².